The van der Waals surface area contributed by atoms with Crippen molar-refractivity contribution >= 4 is 11.6 Å². The summed E-state index contributed by atoms with van der Waals surface area (Å²) in [6.45, 7) is -0.653. The Morgan fingerprint density at radius 3 is 2.29 bits per heavy atom. The van der Waals surface area contributed by atoms with E-state index in [1.165, 1.54) is 12.4 Å². The lowest BCUT2D eigenvalue weighted by Gasteiger charge is -2.45. The van der Waals surface area contributed by atoms with E-state index in [4.69, 9.17) is 16.3 Å². The van der Waals surface area contributed by atoms with Crippen molar-refractivity contribution in [3.63, 3.8) is 0 Å². The Kier molecular flexibility index (Phi) is 7.26. The van der Waals surface area contributed by atoms with Crippen molar-refractivity contribution in [2.45, 2.75) is 36.6 Å². The normalized spacial score (nSPS) is 26.5. The molecule has 1 fully saturated rings. The molecule has 2 heterocycles. The summed E-state index contributed by atoms with van der Waals surface area (Å²) in [5, 5.41) is 51.5. The zero-order chi connectivity index (χ0) is 24.3. The molecule has 0 radical (unpaired) electrons. The van der Waals surface area contributed by atoms with E-state index < -0.39 is 36.8 Å². The molecule has 176 valence electrons. The number of ether oxygens (including phenoxy) is 1. The number of benzene rings is 2. The number of hydrogen-bond donors (Lipinski definition) is 5. The van der Waals surface area contributed by atoms with Crippen LogP contribution in [0.1, 0.15) is 27.8 Å². The van der Waals surface area contributed by atoms with Crippen LogP contribution in [-0.4, -0.2) is 66.5 Å². The number of nitrogens with zero attached hydrogens (tertiary/aromatic N) is 2. The maximum Gasteiger partial charge on any atom is 0.222 e. The van der Waals surface area contributed by atoms with Gasteiger partial charge < -0.3 is 30.3 Å². The highest BCUT2D eigenvalue weighted by Gasteiger charge is 2.53. The molecule has 0 amide bonds. The molecule has 0 spiro atoms. The Hall–Kier alpha value is -2.87. The van der Waals surface area contributed by atoms with Crippen LogP contribution in [0.4, 0.5) is 0 Å². The summed E-state index contributed by atoms with van der Waals surface area (Å²) in [6.07, 6.45) is -1.27. The van der Waals surface area contributed by atoms with Gasteiger partial charge in [0.15, 0.2) is 0 Å². The molecule has 3 aromatic rings. The highest BCUT2D eigenvalue weighted by Crippen LogP contribution is 2.37. The van der Waals surface area contributed by atoms with Crippen LogP contribution in [0.15, 0.2) is 61.2 Å². The molecule has 1 saturated heterocycles. The molecule has 0 saturated carbocycles. The number of halogens is 1. The molecule has 1 aromatic heterocycles. The van der Waals surface area contributed by atoms with Crippen molar-refractivity contribution < 1.29 is 30.3 Å². The van der Waals surface area contributed by atoms with Gasteiger partial charge >= 0.3 is 0 Å². The Morgan fingerprint density at radius 2 is 1.62 bits per heavy atom. The van der Waals surface area contributed by atoms with Crippen LogP contribution < -0.4 is 0 Å². The molecule has 1 aliphatic heterocycles. The predicted molar refractivity (Wildman–Crippen MR) is 123 cm³/mol. The summed E-state index contributed by atoms with van der Waals surface area (Å²) >= 11 is 6.37. The molecule has 5 atom stereocenters. The van der Waals surface area contributed by atoms with Crippen molar-refractivity contribution in [1.82, 2.24) is 9.97 Å². The van der Waals surface area contributed by atoms with E-state index in [0.29, 0.717) is 22.6 Å². The van der Waals surface area contributed by atoms with Crippen LogP contribution >= 0.6 is 11.6 Å². The largest absolute Gasteiger partial charge is 0.394 e. The van der Waals surface area contributed by atoms with E-state index in [1.54, 1.807) is 24.5 Å². The van der Waals surface area contributed by atoms with Gasteiger partial charge in [-0.15, -0.1) is 0 Å². The highest BCUT2D eigenvalue weighted by atomic mass is 35.5. The van der Waals surface area contributed by atoms with Crippen molar-refractivity contribution in [2.75, 3.05) is 6.61 Å². The highest BCUT2D eigenvalue weighted by molar-refractivity contribution is 6.31. The van der Waals surface area contributed by atoms with E-state index in [-0.39, 0.29) is 5.56 Å². The topological polar surface area (TPSA) is 136 Å². The first-order valence-corrected chi connectivity index (χ1v) is 10.9. The average Bonchev–Trinajstić information content (AvgIpc) is 2.86. The third kappa shape index (κ3) is 4.97. The summed E-state index contributed by atoms with van der Waals surface area (Å²) in [5.74, 6) is 3.69. The van der Waals surface area contributed by atoms with E-state index in [2.05, 4.69) is 21.8 Å². The maximum atomic E-state index is 11.1. The van der Waals surface area contributed by atoms with Gasteiger partial charge in [-0.25, -0.2) is 9.97 Å². The van der Waals surface area contributed by atoms with Gasteiger partial charge in [-0.1, -0.05) is 41.6 Å². The first-order valence-electron chi connectivity index (χ1n) is 10.5. The third-order valence-electron chi connectivity index (χ3n) is 5.69. The van der Waals surface area contributed by atoms with Crippen LogP contribution in [-0.2, 0) is 16.9 Å². The summed E-state index contributed by atoms with van der Waals surface area (Å²) in [4.78, 5) is 7.85. The molecule has 0 unspecified atom stereocenters. The molecule has 34 heavy (non-hydrogen) atoms. The molecule has 1 aliphatic rings. The van der Waals surface area contributed by atoms with Crippen LogP contribution in [0, 0.1) is 11.8 Å². The SMILES string of the molecule is OC[C@H]1O[C@](O)(c2ccc(Cl)c(Cc3ccc(C#Cc4cncnc4)cc3)c2)[C@H](O)[C@@H](O)[C@@H]1O. The quantitative estimate of drug-likeness (QED) is 0.343. The molecule has 9 heteroatoms. The number of hydrogen-bond acceptors (Lipinski definition) is 8. The Labute approximate surface area is 201 Å². The minimum Gasteiger partial charge on any atom is -0.394 e. The lowest BCUT2D eigenvalue weighted by atomic mass is 9.87. The zero-order valence-corrected chi connectivity index (χ0v) is 18.7. The summed E-state index contributed by atoms with van der Waals surface area (Å²) < 4.78 is 5.41. The molecule has 2 aromatic carbocycles. The van der Waals surface area contributed by atoms with Gasteiger partial charge in [-0.05, 0) is 41.8 Å². The molecule has 0 aliphatic carbocycles. The number of aliphatic hydroxyl groups excluding tert-OH is 4. The molecular formula is C25H23ClN2O6. The van der Waals surface area contributed by atoms with Crippen LogP contribution in [0.5, 0.6) is 0 Å². The minimum absolute atomic E-state index is 0.136. The minimum atomic E-state index is -2.34. The van der Waals surface area contributed by atoms with Gasteiger partial charge in [0.25, 0.3) is 0 Å². The fourth-order valence-electron chi connectivity index (χ4n) is 3.76. The number of aliphatic hydroxyl groups is 5. The Balaban J connectivity index is 1.55. The second-order valence-electron chi connectivity index (χ2n) is 8.02. The van der Waals surface area contributed by atoms with Crippen molar-refractivity contribution in [3.8, 4) is 11.8 Å². The fourth-order valence-corrected chi connectivity index (χ4v) is 3.94. The first kappa shape index (κ1) is 24.3. The van der Waals surface area contributed by atoms with Gasteiger partial charge in [0.1, 0.15) is 30.7 Å². The maximum absolute atomic E-state index is 11.1. The van der Waals surface area contributed by atoms with Crippen LogP contribution in [0.2, 0.25) is 5.02 Å². The monoisotopic (exact) mass is 482 g/mol. The fraction of sp³-hybridized carbons (Fsp3) is 0.280. The van der Waals surface area contributed by atoms with Crippen LogP contribution in [0.25, 0.3) is 0 Å². The molecule has 0 bridgehead atoms. The van der Waals surface area contributed by atoms with Crippen molar-refractivity contribution in [1.29, 1.82) is 0 Å². The second-order valence-corrected chi connectivity index (χ2v) is 8.43. The lowest BCUT2D eigenvalue weighted by Crippen LogP contribution is -2.63. The molecular weight excluding hydrogens is 460 g/mol. The van der Waals surface area contributed by atoms with Gasteiger partial charge in [0, 0.05) is 28.5 Å². The van der Waals surface area contributed by atoms with E-state index in [9.17, 15) is 25.5 Å². The molecule has 8 nitrogen and oxygen atoms in total. The first-order chi connectivity index (χ1) is 16.3. The average molecular weight is 483 g/mol. The second kappa shape index (κ2) is 10.2. The smallest absolute Gasteiger partial charge is 0.222 e. The molecule has 5 N–H and O–H groups in total. The third-order valence-corrected chi connectivity index (χ3v) is 6.05. The zero-order valence-electron chi connectivity index (χ0n) is 17.9. The van der Waals surface area contributed by atoms with Gasteiger partial charge in [-0.2, -0.15) is 0 Å². The van der Waals surface area contributed by atoms with E-state index >= 15 is 0 Å². The van der Waals surface area contributed by atoms with Crippen LogP contribution in [0.3, 0.4) is 0 Å². The summed E-state index contributed by atoms with van der Waals surface area (Å²) in [6, 6.07) is 12.1. The van der Waals surface area contributed by atoms with E-state index in [0.717, 1.165) is 11.1 Å². The summed E-state index contributed by atoms with van der Waals surface area (Å²) in [7, 11) is 0. The van der Waals surface area contributed by atoms with E-state index in [1.807, 2.05) is 24.3 Å². The van der Waals surface area contributed by atoms with Gasteiger partial charge in [0.05, 0.1) is 12.2 Å². The number of rotatable bonds is 4. The van der Waals surface area contributed by atoms with Gasteiger partial charge in [0.2, 0.25) is 5.79 Å². The lowest BCUT2D eigenvalue weighted by molar-refractivity contribution is -0.357. The molecule has 4 rings (SSSR count). The standard InChI is InChI=1S/C25H23ClN2O6/c26-20-8-7-19(25(33)24(32)23(31)22(30)21(13-29)34-25)10-18(20)9-16-4-1-15(2-5-16)3-6-17-11-27-14-28-12-17/h1-2,4-5,7-8,10-12,14,21-24,29-33H,9,13H2/t21-,22-,23+,24-,25-/m1/s1. The Bertz CT molecular complexity index is 1200. The predicted octanol–water partition coefficient (Wildman–Crippen LogP) is 0.739. The number of aromatic nitrogens is 2. The van der Waals surface area contributed by atoms with Crippen molar-refractivity contribution in [2.24, 2.45) is 0 Å². The summed E-state index contributed by atoms with van der Waals surface area (Å²) in [5.41, 5.74) is 3.22. The Morgan fingerprint density at radius 1 is 0.941 bits per heavy atom. The van der Waals surface area contributed by atoms with Gasteiger partial charge in [-0.3, -0.25) is 0 Å². The van der Waals surface area contributed by atoms with Crippen molar-refractivity contribution in [3.05, 3.63) is 94.0 Å².